The largest absolute Gasteiger partial charge is 0.337 e. The maximum Gasteiger partial charge on any atom is 0.123 e. The topological polar surface area (TPSA) is 6.48 Å². The molecule has 5 heteroatoms. The zero-order valence-corrected chi connectivity index (χ0v) is 18.1. The minimum atomic E-state index is -0.219. The molecule has 3 atom stereocenters. The lowest BCUT2D eigenvalue weighted by atomic mass is 9.87. The molecule has 2 unspecified atom stereocenters. The molecule has 4 aliphatic rings. The van der Waals surface area contributed by atoms with E-state index in [9.17, 15) is 8.78 Å². The van der Waals surface area contributed by atoms with Crippen LogP contribution in [0.1, 0.15) is 43.6 Å². The molecule has 0 amide bonds. The number of likely N-dealkylation sites (tertiary alicyclic amines) is 1. The first-order valence-corrected chi connectivity index (χ1v) is 12.1. The van der Waals surface area contributed by atoms with Crippen molar-refractivity contribution in [1.82, 2.24) is 4.90 Å². The van der Waals surface area contributed by atoms with Crippen molar-refractivity contribution in [3.05, 3.63) is 59.7 Å². The summed E-state index contributed by atoms with van der Waals surface area (Å²) in [4.78, 5) is 4.99. The average Bonchev–Trinajstić information content (AvgIpc) is 3.11. The number of quaternary nitrogens is 1. The molecule has 4 aliphatic heterocycles. The first-order valence-electron chi connectivity index (χ1n) is 12.1. The Balaban J connectivity index is 1.25. The molecule has 164 valence electrons. The number of halogens is 2. The van der Waals surface area contributed by atoms with Gasteiger partial charge in [-0.15, -0.1) is 0 Å². The van der Waals surface area contributed by atoms with Crippen LogP contribution in [-0.2, 0) is 0 Å². The van der Waals surface area contributed by atoms with Gasteiger partial charge in [0.1, 0.15) is 17.7 Å². The van der Waals surface area contributed by atoms with Crippen LogP contribution in [0.5, 0.6) is 0 Å². The normalized spacial score (nSPS) is 29.5. The van der Waals surface area contributed by atoms with Gasteiger partial charge in [0.15, 0.2) is 0 Å². The van der Waals surface area contributed by atoms with Gasteiger partial charge in [-0.25, -0.2) is 8.78 Å². The van der Waals surface area contributed by atoms with E-state index in [1.807, 2.05) is 18.2 Å². The number of piperidine rings is 2. The summed E-state index contributed by atoms with van der Waals surface area (Å²) in [7, 11) is 0. The minimum Gasteiger partial charge on any atom is -0.337 e. The van der Waals surface area contributed by atoms with Crippen molar-refractivity contribution in [3.8, 4) is 0 Å². The SMILES string of the molecule is Fc1ccc(N2c3ccc(F)cc3C3CN(C[C@H]4CC[N+]45CCCCC5)CCC32)cc1. The maximum absolute atomic E-state index is 14.2. The highest BCUT2D eigenvalue weighted by Crippen LogP contribution is 2.49. The van der Waals surface area contributed by atoms with E-state index in [0.29, 0.717) is 12.0 Å². The Bertz CT molecular complexity index is 954. The molecule has 0 N–H and O–H groups in total. The lowest BCUT2D eigenvalue weighted by Crippen LogP contribution is -2.70. The second-order valence-electron chi connectivity index (χ2n) is 10.2. The second-order valence-corrected chi connectivity index (χ2v) is 10.2. The number of nitrogens with zero attached hydrogens (tertiary/aromatic N) is 3. The second kappa shape index (κ2) is 7.56. The molecule has 31 heavy (non-hydrogen) atoms. The van der Waals surface area contributed by atoms with E-state index in [1.165, 1.54) is 68.5 Å². The van der Waals surface area contributed by atoms with E-state index < -0.39 is 0 Å². The molecule has 0 bridgehead atoms. The van der Waals surface area contributed by atoms with Crippen LogP contribution in [0.2, 0.25) is 0 Å². The molecule has 3 nitrogen and oxygen atoms in total. The number of fused-ring (bicyclic) bond motifs is 3. The third kappa shape index (κ3) is 3.28. The van der Waals surface area contributed by atoms with Crippen LogP contribution in [0.15, 0.2) is 42.5 Å². The highest BCUT2D eigenvalue weighted by atomic mass is 19.1. The van der Waals surface area contributed by atoms with Gasteiger partial charge < -0.3 is 9.38 Å². The van der Waals surface area contributed by atoms with Crippen LogP contribution in [-0.4, -0.2) is 60.7 Å². The van der Waals surface area contributed by atoms with Crippen LogP contribution in [0.3, 0.4) is 0 Å². The van der Waals surface area contributed by atoms with E-state index in [0.717, 1.165) is 42.5 Å². The van der Waals surface area contributed by atoms with Gasteiger partial charge in [0.05, 0.1) is 32.6 Å². The summed E-state index contributed by atoms with van der Waals surface area (Å²) < 4.78 is 29.1. The predicted molar refractivity (Wildman–Crippen MR) is 120 cm³/mol. The summed E-state index contributed by atoms with van der Waals surface area (Å²) >= 11 is 0. The third-order valence-corrected chi connectivity index (χ3v) is 8.60. The average molecular weight is 425 g/mol. The van der Waals surface area contributed by atoms with Crippen molar-refractivity contribution in [2.24, 2.45) is 0 Å². The van der Waals surface area contributed by atoms with Gasteiger partial charge in [0, 0.05) is 36.4 Å². The summed E-state index contributed by atoms with van der Waals surface area (Å²) in [5.74, 6) is -0.0734. The van der Waals surface area contributed by atoms with Crippen molar-refractivity contribution in [3.63, 3.8) is 0 Å². The van der Waals surface area contributed by atoms with Crippen molar-refractivity contribution >= 4 is 11.4 Å². The first kappa shape index (κ1) is 19.7. The third-order valence-electron chi connectivity index (χ3n) is 8.60. The molecule has 0 radical (unpaired) electrons. The molecule has 0 saturated carbocycles. The number of anilines is 2. The van der Waals surface area contributed by atoms with Gasteiger partial charge >= 0.3 is 0 Å². The van der Waals surface area contributed by atoms with Crippen molar-refractivity contribution in [2.75, 3.05) is 44.2 Å². The monoisotopic (exact) mass is 424 g/mol. The van der Waals surface area contributed by atoms with Crippen molar-refractivity contribution < 1.29 is 13.3 Å². The Morgan fingerprint density at radius 3 is 2.39 bits per heavy atom. The van der Waals surface area contributed by atoms with E-state index in [-0.39, 0.29) is 11.6 Å². The zero-order chi connectivity index (χ0) is 21.0. The fourth-order valence-electron chi connectivity index (χ4n) is 6.91. The van der Waals surface area contributed by atoms with Gasteiger partial charge in [-0.3, -0.25) is 4.90 Å². The summed E-state index contributed by atoms with van der Waals surface area (Å²) in [6.07, 6.45) is 6.60. The smallest absolute Gasteiger partial charge is 0.123 e. The number of benzene rings is 2. The molecule has 2 aromatic carbocycles. The fourth-order valence-corrected chi connectivity index (χ4v) is 6.91. The van der Waals surface area contributed by atoms with E-state index in [2.05, 4.69) is 9.80 Å². The van der Waals surface area contributed by atoms with E-state index in [1.54, 1.807) is 12.1 Å². The van der Waals surface area contributed by atoms with Crippen molar-refractivity contribution in [1.29, 1.82) is 0 Å². The zero-order valence-electron chi connectivity index (χ0n) is 18.1. The molecule has 0 aromatic heterocycles. The molecule has 3 saturated heterocycles. The predicted octanol–water partition coefficient (Wildman–Crippen LogP) is 5.05. The fraction of sp³-hybridized carbons (Fsp3) is 0.538. The number of hydrogen-bond acceptors (Lipinski definition) is 2. The van der Waals surface area contributed by atoms with Crippen LogP contribution in [0.4, 0.5) is 20.2 Å². The van der Waals surface area contributed by atoms with Crippen molar-refractivity contribution in [2.45, 2.75) is 50.1 Å². The molecule has 1 spiro atoms. The maximum atomic E-state index is 14.2. The Morgan fingerprint density at radius 1 is 0.871 bits per heavy atom. The molecule has 4 heterocycles. The number of rotatable bonds is 3. The summed E-state index contributed by atoms with van der Waals surface area (Å²) in [5.41, 5.74) is 3.22. The molecule has 6 rings (SSSR count). The Kier molecular flexibility index (Phi) is 4.80. The Labute approximate surface area is 183 Å². The highest BCUT2D eigenvalue weighted by Gasteiger charge is 2.49. The standard InChI is InChI=1S/C26H32F2N3/c27-19-4-7-21(8-5-19)30-25-9-6-20(28)16-23(25)24-18-29(12-10-26(24)30)17-22-11-15-31(22)13-2-1-3-14-31/h4-9,16,22,24,26H,1-3,10-15,17-18H2/q+1/t22-,24?,26?/m1/s1. The highest BCUT2D eigenvalue weighted by molar-refractivity contribution is 5.73. The molecule has 3 fully saturated rings. The molecular formula is C26H32F2N3+. The lowest BCUT2D eigenvalue weighted by Gasteiger charge is -2.56. The summed E-state index contributed by atoms with van der Waals surface area (Å²) in [6.45, 7) is 7.39. The van der Waals surface area contributed by atoms with E-state index >= 15 is 0 Å². The Hall–Kier alpha value is -1.98. The van der Waals surface area contributed by atoms with Crippen LogP contribution in [0.25, 0.3) is 0 Å². The first-order chi connectivity index (χ1) is 15.1. The molecular weight excluding hydrogens is 392 g/mol. The molecule has 2 aromatic rings. The van der Waals surface area contributed by atoms with Crippen LogP contribution < -0.4 is 4.90 Å². The van der Waals surface area contributed by atoms with Crippen LogP contribution in [0, 0.1) is 11.6 Å². The van der Waals surface area contributed by atoms with Gasteiger partial charge in [-0.2, -0.15) is 0 Å². The van der Waals surface area contributed by atoms with E-state index in [4.69, 9.17) is 0 Å². The summed E-state index contributed by atoms with van der Waals surface area (Å²) in [6, 6.07) is 13.1. The summed E-state index contributed by atoms with van der Waals surface area (Å²) in [5, 5.41) is 0. The van der Waals surface area contributed by atoms with Gasteiger partial charge in [0.2, 0.25) is 0 Å². The Morgan fingerprint density at radius 2 is 1.65 bits per heavy atom. The van der Waals surface area contributed by atoms with Crippen LogP contribution >= 0.6 is 0 Å². The lowest BCUT2D eigenvalue weighted by molar-refractivity contribution is -0.992. The van der Waals surface area contributed by atoms with Gasteiger partial charge in [-0.1, -0.05) is 0 Å². The van der Waals surface area contributed by atoms with Gasteiger partial charge in [-0.05, 0) is 73.7 Å². The quantitative estimate of drug-likeness (QED) is 0.637. The van der Waals surface area contributed by atoms with Gasteiger partial charge in [0.25, 0.3) is 0 Å². The minimum absolute atomic E-state index is 0.160. The number of hydrogen-bond donors (Lipinski definition) is 0. The molecule has 0 aliphatic carbocycles.